The number of nitrogen functional groups attached to an aromatic ring is 1. The van der Waals surface area contributed by atoms with Crippen molar-refractivity contribution >= 4 is 25.7 Å². The molecule has 2 aliphatic heterocycles. The smallest absolute Gasteiger partial charge is 0.332 e. The Morgan fingerprint density at radius 3 is 2.96 bits per heavy atom. The van der Waals surface area contributed by atoms with Crippen molar-refractivity contribution in [2.24, 2.45) is 0 Å². The molecule has 136 valence electrons. The fraction of sp³-hybridized carbons (Fsp3) is 0.615. The van der Waals surface area contributed by atoms with E-state index in [0.29, 0.717) is 11.2 Å². The molecule has 2 aliphatic rings. The molecule has 4 rings (SSSR count). The molecular weight excluding hydrogens is 353 g/mol. The average Bonchev–Trinajstić information content (AvgIpc) is 3.12. The van der Waals surface area contributed by atoms with Gasteiger partial charge in [0.05, 0.1) is 20.0 Å². The quantitative estimate of drug-likeness (QED) is 0.727. The molecule has 12 heteroatoms. The van der Waals surface area contributed by atoms with Crippen molar-refractivity contribution in [1.82, 2.24) is 19.5 Å². The van der Waals surface area contributed by atoms with Gasteiger partial charge >= 0.3 is 8.60 Å². The lowest BCUT2D eigenvalue weighted by Crippen LogP contribution is -2.47. The number of aromatic nitrogens is 4. The van der Waals surface area contributed by atoms with Crippen LogP contribution in [0.4, 0.5) is 5.95 Å². The minimum absolute atomic E-state index is 0.0312. The van der Waals surface area contributed by atoms with Gasteiger partial charge in [0.1, 0.15) is 17.8 Å². The SMILES string of the molecule is COc1nc(N)nc2c1ncn2[C@@H]1O[C@@H]2COP(OC)O[C@H]2[C@@]1(C)O. The van der Waals surface area contributed by atoms with Gasteiger partial charge in [-0.15, -0.1) is 0 Å². The van der Waals surface area contributed by atoms with E-state index < -0.39 is 32.6 Å². The largest absolute Gasteiger partial charge is 0.479 e. The third-order valence-electron chi connectivity index (χ3n) is 4.26. The predicted octanol–water partition coefficient (Wildman–Crippen LogP) is 0.354. The zero-order valence-corrected chi connectivity index (χ0v) is 14.7. The molecule has 25 heavy (non-hydrogen) atoms. The highest BCUT2D eigenvalue weighted by atomic mass is 31.2. The summed E-state index contributed by atoms with van der Waals surface area (Å²) in [6, 6.07) is 0. The number of hydrogen-bond acceptors (Lipinski definition) is 10. The molecule has 3 N–H and O–H groups in total. The molecule has 2 fully saturated rings. The van der Waals surface area contributed by atoms with Gasteiger partial charge in [0.2, 0.25) is 11.8 Å². The van der Waals surface area contributed by atoms with Crippen molar-refractivity contribution in [2.45, 2.75) is 31.0 Å². The number of anilines is 1. The third kappa shape index (κ3) is 2.55. The third-order valence-corrected chi connectivity index (χ3v) is 5.32. The zero-order valence-electron chi connectivity index (χ0n) is 13.8. The number of imidazole rings is 1. The Bertz CT molecular complexity index is 801. The van der Waals surface area contributed by atoms with Crippen LogP contribution in [0.15, 0.2) is 6.33 Å². The van der Waals surface area contributed by atoms with E-state index in [1.807, 2.05) is 0 Å². The Labute approximate surface area is 144 Å². The molecular formula is C13H18N5O6P. The van der Waals surface area contributed by atoms with Gasteiger partial charge in [-0.05, 0) is 6.92 Å². The van der Waals surface area contributed by atoms with Gasteiger partial charge in [0, 0.05) is 7.11 Å². The highest BCUT2D eigenvalue weighted by molar-refractivity contribution is 7.41. The van der Waals surface area contributed by atoms with Crippen LogP contribution >= 0.6 is 8.60 Å². The molecule has 0 aromatic carbocycles. The van der Waals surface area contributed by atoms with Crippen LogP contribution in [-0.4, -0.2) is 63.3 Å². The van der Waals surface area contributed by atoms with E-state index in [-0.39, 0.29) is 18.4 Å². The monoisotopic (exact) mass is 371 g/mol. The van der Waals surface area contributed by atoms with E-state index in [1.54, 1.807) is 11.5 Å². The first kappa shape index (κ1) is 16.8. The van der Waals surface area contributed by atoms with Crippen LogP contribution in [0.5, 0.6) is 5.88 Å². The Morgan fingerprint density at radius 2 is 2.24 bits per heavy atom. The molecule has 0 radical (unpaired) electrons. The Morgan fingerprint density at radius 1 is 1.44 bits per heavy atom. The van der Waals surface area contributed by atoms with Gasteiger partial charge in [-0.25, -0.2) is 4.98 Å². The summed E-state index contributed by atoms with van der Waals surface area (Å²) in [5.41, 5.74) is 5.19. The molecule has 4 heterocycles. The lowest BCUT2D eigenvalue weighted by atomic mass is 9.96. The number of aliphatic hydroxyl groups is 1. The second-order valence-electron chi connectivity index (χ2n) is 5.90. The summed E-state index contributed by atoms with van der Waals surface area (Å²) in [6.45, 7) is 1.88. The normalized spacial score (nSPS) is 35.0. The zero-order chi connectivity index (χ0) is 17.8. The first-order chi connectivity index (χ1) is 12.0. The average molecular weight is 371 g/mol. The highest BCUT2D eigenvalue weighted by Gasteiger charge is 2.58. The predicted molar refractivity (Wildman–Crippen MR) is 85.6 cm³/mol. The molecule has 0 bridgehead atoms. The molecule has 1 unspecified atom stereocenters. The van der Waals surface area contributed by atoms with Crippen molar-refractivity contribution in [3.05, 3.63) is 6.33 Å². The molecule has 2 aromatic heterocycles. The molecule has 0 spiro atoms. The van der Waals surface area contributed by atoms with Crippen LogP contribution in [0.1, 0.15) is 13.2 Å². The first-order valence-electron chi connectivity index (χ1n) is 7.51. The minimum Gasteiger partial charge on any atom is -0.479 e. The number of nitrogens with zero attached hydrogens (tertiary/aromatic N) is 4. The van der Waals surface area contributed by atoms with Crippen LogP contribution < -0.4 is 10.5 Å². The topological polar surface area (TPSA) is 136 Å². The van der Waals surface area contributed by atoms with Crippen LogP contribution in [-0.2, 0) is 18.3 Å². The van der Waals surface area contributed by atoms with Gasteiger partial charge in [0.15, 0.2) is 17.4 Å². The van der Waals surface area contributed by atoms with E-state index in [4.69, 9.17) is 28.8 Å². The summed E-state index contributed by atoms with van der Waals surface area (Å²) in [5.74, 6) is 0.280. The lowest BCUT2D eigenvalue weighted by Gasteiger charge is -2.34. The van der Waals surface area contributed by atoms with E-state index in [9.17, 15) is 5.11 Å². The summed E-state index contributed by atoms with van der Waals surface area (Å²) >= 11 is 0. The molecule has 5 atom stereocenters. The van der Waals surface area contributed by atoms with Crippen molar-refractivity contribution in [3.63, 3.8) is 0 Å². The fourth-order valence-corrected chi connectivity index (χ4v) is 4.17. The Balaban J connectivity index is 1.75. The number of rotatable bonds is 3. The van der Waals surface area contributed by atoms with Gasteiger partial charge < -0.3 is 33.9 Å². The number of methoxy groups -OCH3 is 1. The van der Waals surface area contributed by atoms with Crippen LogP contribution in [0.2, 0.25) is 0 Å². The standard InChI is InChI=1S/C13H18N5O6P/c1-13(19)8-6(4-22-25(21-3)24-8)23-11(13)18-5-15-7-9(18)16-12(14)17-10(7)20-2/h5-6,8,11,19H,4H2,1-3H3,(H2,14,16,17)/t6-,8-,11-,13-,25?/m1/s1. The van der Waals surface area contributed by atoms with E-state index >= 15 is 0 Å². The van der Waals surface area contributed by atoms with Crippen molar-refractivity contribution in [2.75, 3.05) is 26.6 Å². The molecule has 0 aliphatic carbocycles. The molecule has 2 saturated heterocycles. The van der Waals surface area contributed by atoms with Gasteiger partial charge in [-0.1, -0.05) is 0 Å². The summed E-state index contributed by atoms with van der Waals surface area (Å²) in [6.07, 6.45) is -0.372. The van der Waals surface area contributed by atoms with E-state index in [0.717, 1.165) is 0 Å². The van der Waals surface area contributed by atoms with E-state index in [1.165, 1.54) is 20.5 Å². The maximum absolute atomic E-state index is 11.1. The summed E-state index contributed by atoms with van der Waals surface area (Å²) in [4.78, 5) is 12.5. The maximum Gasteiger partial charge on any atom is 0.332 e. The fourth-order valence-electron chi connectivity index (χ4n) is 3.11. The number of nitrogens with two attached hydrogens (primary N) is 1. The summed E-state index contributed by atoms with van der Waals surface area (Å²) < 4.78 is 29.0. The second kappa shape index (κ2) is 5.97. The summed E-state index contributed by atoms with van der Waals surface area (Å²) in [5, 5.41) is 11.1. The lowest BCUT2D eigenvalue weighted by molar-refractivity contribution is -0.0889. The molecule has 0 amide bonds. The second-order valence-corrected chi connectivity index (χ2v) is 7.18. The molecule has 0 saturated carbocycles. The molecule has 2 aromatic rings. The minimum atomic E-state index is -1.51. The van der Waals surface area contributed by atoms with Crippen molar-refractivity contribution < 1.29 is 28.2 Å². The van der Waals surface area contributed by atoms with Gasteiger partial charge in [-0.3, -0.25) is 4.57 Å². The number of ether oxygens (including phenoxy) is 2. The summed E-state index contributed by atoms with van der Waals surface area (Å²) in [7, 11) is 1.44. The Hall–Kier alpha value is -1.62. The van der Waals surface area contributed by atoms with Gasteiger partial charge in [0.25, 0.3) is 0 Å². The molecule has 11 nitrogen and oxygen atoms in total. The van der Waals surface area contributed by atoms with Crippen molar-refractivity contribution in [3.8, 4) is 5.88 Å². The Kier molecular flexibility index (Phi) is 4.02. The van der Waals surface area contributed by atoms with Crippen LogP contribution in [0, 0.1) is 0 Å². The highest BCUT2D eigenvalue weighted by Crippen LogP contribution is 2.53. The van der Waals surface area contributed by atoms with Crippen LogP contribution in [0.25, 0.3) is 11.2 Å². The first-order valence-corrected chi connectivity index (χ1v) is 8.61. The number of fused-ring (bicyclic) bond motifs is 2. The van der Waals surface area contributed by atoms with Crippen molar-refractivity contribution in [1.29, 1.82) is 0 Å². The van der Waals surface area contributed by atoms with E-state index in [2.05, 4.69) is 15.0 Å². The van der Waals surface area contributed by atoms with Gasteiger partial charge in [-0.2, -0.15) is 9.97 Å². The number of hydrogen-bond donors (Lipinski definition) is 2. The van der Waals surface area contributed by atoms with Crippen LogP contribution in [0.3, 0.4) is 0 Å². The maximum atomic E-state index is 11.1.